The molecular formula is C24H46N4O4. The minimum atomic E-state index is -0.726. The number of carboxylic acid groups (broad SMARTS) is 1. The highest BCUT2D eigenvalue weighted by atomic mass is 16.5. The number of hydrogen-bond acceptors (Lipinski definition) is 7. The van der Waals surface area contributed by atoms with Crippen LogP contribution in [-0.2, 0) is 14.3 Å². The fourth-order valence-electron chi connectivity index (χ4n) is 5.79. The lowest BCUT2D eigenvalue weighted by molar-refractivity contribution is -0.150. The average Bonchev–Trinajstić information content (AvgIpc) is 2.82. The Bertz CT molecular complexity index is 546. The number of carboxylic acids is 1. The van der Waals surface area contributed by atoms with E-state index in [9.17, 15) is 9.90 Å². The van der Waals surface area contributed by atoms with E-state index in [0.29, 0.717) is 25.0 Å². The Labute approximate surface area is 194 Å². The van der Waals surface area contributed by atoms with Gasteiger partial charge in [0.25, 0.3) is 0 Å². The highest BCUT2D eigenvalue weighted by Gasteiger charge is 2.37. The summed E-state index contributed by atoms with van der Waals surface area (Å²) in [6.07, 6.45) is 7.49. The average molecular weight is 455 g/mol. The molecule has 8 nitrogen and oxygen atoms in total. The molecule has 1 heterocycles. The van der Waals surface area contributed by atoms with Crippen LogP contribution < -0.4 is 16.0 Å². The van der Waals surface area contributed by atoms with Crippen molar-refractivity contribution in [1.29, 1.82) is 0 Å². The van der Waals surface area contributed by atoms with Crippen LogP contribution in [0, 0.1) is 17.8 Å². The van der Waals surface area contributed by atoms with E-state index in [1.165, 1.54) is 25.7 Å². The third-order valence-corrected chi connectivity index (χ3v) is 8.03. The Morgan fingerprint density at radius 1 is 1.03 bits per heavy atom. The topological polar surface area (TPSA) is 95.1 Å². The molecule has 4 N–H and O–H groups in total. The van der Waals surface area contributed by atoms with Crippen LogP contribution in [-0.4, -0.2) is 87.0 Å². The fraction of sp³-hybridized carbons (Fsp3) is 0.958. The van der Waals surface area contributed by atoms with E-state index in [1.54, 1.807) is 0 Å². The van der Waals surface area contributed by atoms with Crippen LogP contribution in [0.1, 0.15) is 58.8 Å². The van der Waals surface area contributed by atoms with Gasteiger partial charge in [-0.25, -0.2) is 0 Å². The summed E-state index contributed by atoms with van der Waals surface area (Å²) in [6, 6.07) is 0.266. The van der Waals surface area contributed by atoms with Crippen molar-refractivity contribution >= 4 is 5.97 Å². The van der Waals surface area contributed by atoms with E-state index >= 15 is 0 Å². The number of nitrogens with one attached hydrogen (secondary N) is 3. The Balaban J connectivity index is 1.41. The van der Waals surface area contributed by atoms with Crippen molar-refractivity contribution in [3.8, 4) is 0 Å². The molecule has 8 heteroatoms. The lowest BCUT2D eigenvalue weighted by Crippen LogP contribution is -2.63. The molecule has 1 aliphatic heterocycles. The Kier molecular flexibility index (Phi) is 10.7. The highest BCUT2D eigenvalue weighted by Crippen LogP contribution is 2.32. The molecule has 0 aromatic rings. The zero-order valence-electron chi connectivity index (χ0n) is 20.4. The summed E-state index contributed by atoms with van der Waals surface area (Å²) in [4.78, 5) is 14.1. The van der Waals surface area contributed by atoms with Gasteiger partial charge in [0, 0.05) is 32.8 Å². The minimum absolute atomic E-state index is 0.0873. The van der Waals surface area contributed by atoms with Crippen LogP contribution in [0.4, 0.5) is 0 Å². The molecule has 1 saturated heterocycles. The van der Waals surface area contributed by atoms with Crippen molar-refractivity contribution in [2.24, 2.45) is 17.8 Å². The fourth-order valence-corrected chi connectivity index (χ4v) is 5.79. The molecule has 0 aromatic carbocycles. The Morgan fingerprint density at radius 2 is 1.72 bits per heavy atom. The van der Waals surface area contributed by atoms with E-state index in [0.717, 1.165) is 51.5 Å². The molecule has 32 heavy (non-hydrogen) atoms. The van der Waals surface area contributed by atoms with E-state index in [-0.39, 0.29) is 18.4 Å². The normalized spacial score (nSPS) is 36.3. The van der Waals surface area contributed by atoms with Crippen LogP contribution in [0.25, 0.3) is 0 Å². The first-order valence-electron chi connectivity index (χ1n) is 12.9. The first-order chi connectivity index (χ1) is 15.5. The third kappa shape index (κ3) is 7.37. The second-order valence-electron chi connectivity index (χ2n) is 9.84. The Hall–Kier alpha value is -0.770. The number of hydrogen-bond donors (Lipinski definition) is 4. The van der Waals surface area contributed by atoms with Crippen LogP contribution in [0.15, 0.2) is 0 Å². The van der Waals surface area contributed by atoms with Gasteiger partial charge in [0.05, 0.1) is 24.7 Å². The van der Waals surface area contributed by atoms with Crippen molar-refractivity contribution in [1.82, 2.24) is 20.9 Å². The molecule has 0 aromatic heterocycles. The predicted molar refractivity (Wildman–Crippen MR) is 125 cm³/mol. The smallest absolute Gasteiger partial charge is 0.309 e. The molecule has 0 spiro atoms. The van der Waals surface area contributed by atoms with Crippen LogP contribution in [0.2, 0.25) is 0 Å². The molecule has 3 aliphatic rings. The molecule has 0 amide bonds. The summed E-state index contributed by atoms with van der Waals surface area (Å²) in [6.45, 7) is 9.77. The second kappa shape index (κ2) is 13.2. The van der Waals surface area contributed by atoms with Gasteiger partial charge in [0.1, 0.15) is 6.29 Å². The summed E-state index contributed by atoms with van der Waals surface area (Å²) in [5.41, 5.74) is 0. The monoisotopic (exact) mass is 454 g/mol. The first kappa shape index (κ1) is 25.8. The van der Waals surface area contributed by atoms with Crippen molar-refractivity contribution in [3.05, 3.63) is 0 Å². The molecule has 3 unspecified atom stereocenters. The van der Waals surface area contributed by atoms with Gasteiger partial charge in [0.2, 0.25) is 0 Å². The van der Waals surface area contributed by atoms with Crippen molar-refractivity contribution in [2.75, 3.05) is 46.4 Å². The molecule has 3 fully saturated rings. The van der Waals surface area contributed by atoms with Gasteiger partial charge in [0.15, 0.2) is 0 Å². The predicted octanol–water partition coefficient (Wildman–Crippen LogP) is 1.85. The molecule has 3 atom stereocenters. The quantitative estimate of drug-likeness (QED) is 0.376. The second-order valence-corrected chi connectivity index (χ2v) is 9.84. The number of likely N-dealkylation sites (N-methyl/N-ethyl adjacent to an activating group) is 1. The summed E-state index contributed by atoms with van der Waals surface area (Å²) in [7, 11) is 1.83. The summed E-state index contributed by atoms with van der Waals surface area (Å²) in [5, 5.41) is 20.6. The highest BCUT2D eigenvalue weighted by molar-refractivity contribution is 5.70. The SMILES string of the molecule is CCN(CC)CCOC1CC(NC2NCC(C3CCC(OC)CC3)CN2)CCC1C(=O)O. The van der Waals surface area contributed by atoms with Crippen LogP contribution >= 0.6 is 0 Å². The van der Waals surface area contributed by atoms with Crippen molar-refractivity contribution in [3.63, 3.8) is 0 Å². The maximum atomic E-state index is 11.8. The number of methoxy groups -OCH3 is 1. The van der Waals surface area contributed by atoms with Gasteiger partial charge in [-0.3, -0.25) is 20.7 Å². The maximum absolute atomic E-state index is 11.8. The zero-order valence-corrected chi connectivity index (χ0v) is 20.4. The lowest BCUT2D eigenvalue weighted by Gasteiger charge is -2.41. The summed E-state index contributed by atoms with van der Waals surface area (Å²) < 4.78 is 11.6. The number of ether oxygens (including phenoxy) is 2. The molecule has 2 saturated carbocycles. The standard InChI is InChI=1S/C24H46N4O4/c1-4-28(5-2)12-13-32-22-14-19(8-11-21(22)23(29)30)27-24-25-15-18(16-26-24)17-6-9-20(31-3)10-7-17/h17-22,24-27H,4-16H2,1-3H3,(H,29,30). The van der Waals surface area contributed by atoms with Crippen LogP contribution in [0.3, 0.4) is 0 Å². The van der Waals surface area contributed by atoms with E-state index in [1.807, 2.05) is 7.11 Å². The number of rotatable bonds is 11. The van der Waals surface area contributed by atoms with Gasteiger partial charge >= 0.3 is 5.97 Å². The first-order valence-corrected chi connectivity index (χ1v) is 12.9. The van der Waals surface area contributed by atoms with Gasteiger partial charge in [-0.05, 0) is 69.9 Å². The zero-order chi connectivity index (χ0) is 22.9. The summed E-state index contributed by atoms with van der Waals surface area (Å²) >= 11 is 0. The molecule has 3 rings (SSSR count). The van der Waals surface area contributed by atoms with Gasteiger partial charge in [-0.1, -0.05) is 13.8 Å². The largest absolute Gasteiger partial charge is 0.481 e. The van der Waals surface area contributed by atoms with E-state index in [4.69, 9.17) is 9.47 Å². The Morgan fingerprint density at radius 3 is 2.31 bits per heavy atom. The maximum Gasteiger partial charge on any atom is 0.309 e. The minimum Gasteiger partial charge on any atom is -0.481 e. The molecular weight excluding hydrogens is 408 g/mol. The van der Waals surface area contributed by atoms with Gasteiger partial charge in [-0.2, -0.15) is 0 Å². The van der Waals surface area contributed by atoms with Crippen LogP contribution in [0.5, 0.6) is 0 Å². The van der Waals surface area contributed by atoms with Crippen molar-refractivity contribution in [2.45, 2.75) is 83.3 Å². The lowest BCUT2D eigenvalue weighted by atomic mass is 9.78. The summed E-state index contributed by atoms with van der Waals surface area (Å²) in [5.74, 6) is 0.321. The van der Waals surface area contributed by atoms with Gasteiger partial charge < -0.3 is 19.5 Å². The molecule has 2 aliphatic carbocycles. The van der Waals surface area contributed by atoms with E-state index < -0.39 is 11.9 Å². The third-order valence-electron chi connectivity index (χ3n) is 8.03. The van der Waals surface area contributed by atoms with E-state index in [2.05, 4.69) is 34.7 Å². The number of aliphatic carboxylic acids is 1. The molecule has 0 radical (unpaired) electrons. The van der Waals surface area contributed by atoms with Crippen molar-refractivity contribution < 1.29 is 19.4 Å². The molecule has 186 valence electrons. The number of carbonyl (C=O) groups is 1. The number of nitrogens with zero attached hydrogens (tertiary/aromatic N) is 1. The molecule has 0 bridgehead atoms. The van der Waals surface area contributed by atoms with Gasteiger partial charge in [-0.15, -0.1) is 0 Å².